The number of hydrogen-bond acceptors (Lipinski definition) is 5. The van der Waals surface area contributed by atoms with E-state index in [2.05, 4.69) is 0 Å². The molecule has 3 rings (SSSR count). The van der Waals surface area contributed by atoms with Crippen LogP contribution in [0.4, 0.5) is 0 Å². The van der Waals surface area contributed by atoms with Crippen molar-refractivity contribution in [2.24, 2.45) is 0 Å². The molecule has 0 unspecified atom stereocenters. The van der Waals surface area contributed by atoms with Crippen molar-refractivity contribution in [3.63, 3.8) is 0 Å². The van der Waals surface area contributed by atoms with Crippen LogP contribution < -0.4 is 4.74 Å². The van der Waals surface area contributed by atoms with E-state index in [9.17, 15) is 18.3 Å². The Kier molecular flexibility index (Phi) is 7.82. The maximum atomic E-state index is 13.5. The van der Waals surface area contributed by atoms with Gasteiger partial charge in [0.1, 0.15) is 9.96 Å². The summed E-state index contributed by atoms with van der Waals surface area (Å²) in [5.74, 6) is -0.542. The predicted octanol–water partition coefficient (Wildman–Crippen LogP) is 5.49. The van der Waals surface area contributed by atoms with Crippen LogP contribution in [0.25, 0.3) is 10.1 Å². The van der Waals surface area contributed by atoms with E-state index in [0.29, 0.717) is 35.9 Å². The smallest absolute Gasteiger partial charge is 0.347 e. The average molecular weight is 490 g/mol. The topological polar surface area (TPSA) is 83.9 Å². The number of thiophene rings is 1. The molecule has 0 bridgehead atoms. The molecule has 0 spiro atoms. The highest BCUT2D eigenvalue weighted by Crippen LogP contribution is 2.35. The van der Waals surface area contributed by atoms with Gasteiger partial charge < -0.3 is 9.84 Å². The van der Waals surface area contributed by atoms with Gasteiger partial charge in [0.25, 0.3) is 10.0 Å². The molecule has 3 aromatic rings. The van der Waals surface area contributed by atoms with Gasteiger partial charge in [-0.3, -0.25) is 0 Å². The van der Waals surface area contributed by atoms with Crippen LogP contribution in [-0.2, 0) is 21.2 Å². The molecule has 8 heteroatoms. The zero-order chi connectivity index (χ0) is 24.2. The van der Waals surface area contributed by atoms with Crippen molar-refractivity contribution in [3.05, 3.63) is 59.7 Å². The summed E-state index contributed by atoms with van der Waals surface area (Å²) in [5.41, 5.74) is 0.556. The molecule has 0 aliphatic rings. The van der Waals surface area contributed by atoms with Crippen molar-refractivity contribution in [1.82, 2.24) is 4.31 Å². The number of ether oxygens (including phenoxy) is 1. The molecular weight excluding hydrogens is 458 g/mol. The van der Waals surface area contributed by atoms with Gasteiger partial charge >= 0.3 is 5.97 Å². The van der Waals surface area contributed by atoms with Gasteiger partial charge in [0, 0.05) is 17.8 Å². The molecule has 1 heterocycles. The molecule has 0 radical (unpaired) electrons. The van der Waals surface area contributed by atoms with Crippen molar-refractivity contribution in [3.8, 4) is 5.75 Å². The second kappa shape index (κ2) is 10.2. The van der Waals surface area contributed by atoms with E-state index in [4.69, 9.17) is 4.74 Å². The standard InChI is InChI=1S/C25H31NO5S2/c1-5-16-26(33(29,30)23-18(2)21-10-6-7-11-22(21)32-23)17-8-9-19-12-14-20(15-13-19)31-25(3,4)24(27)28/h6-7,10-15H,5,8-9,16-17H2,1-4H3,(H,27,28). The zero-order valence-corrected chi connectivity index (χ0v) is 21.1. The molecule has 33 heavy (non-hydrogen) atoms. The second-order valence-corrected chi connectivity index (χ2v) is 11.8. The van der Waals surface area contributed by atoms with E-state index >= 15 is 0 Å². The highest BCUT2D eigenvalue weighted by molar-refractivity contribution is 7.91. The molecule has 0 fully saturated rings. The number of aliphatic carboxylic acids is 1. The first-order chi connectivity index (χ1) is 15.6. The predicted molar refractivity (Wildman–Crippen MR) is 133 cm³/mol. The molecule has 2 aromatic carbocycles. The Morgan fingerprint density at radius 2 is 1.76 bits per heavy atom. The van der Waals surface area contributed by atoms with E-state index in [0.717, 1.165) is 27.6 Å². The number of sulfonamides is 1. The van der Waals surface area contributed by atoms with Crippen LogP contribution in [0.3, 0.4) is 0 Å². The largest absolute Gasteiger partial charge is 0.478 e. The van der Waals surface area contributed by atoms with Gasteiger partial charge in [-0.25, -0.2) is 13.2 Å². The lowest BCUT2D eigenvalue weighted by Crippen LogP contribution is -2.37. The molecule has 0 atom stereocenters. The fourth-order valence-electron chi connectivity index (χ4n) is 3.64. The maximum Gasteiger partial charge on any atom is 0.347 e. The first-order valence-electron chi connectivity index (χ1n) is 11.1. The van der Waals surface area contributed by atoms with Crippen LogP contribution in [0.15, 0.2) is 52.7 Å². The van der Waals surface area contributed by atoms with E-state index in [1.165, 1.54) is 25.2 Å². The Morgan fingerprint density at radius 3 is 2.36 bits per heavy atom. The second-order valence-electron chi connectivity index (χ2n) is 8.58. The van der Waals surface area contributed by atoms with Crippen LogP contribution in [0.1, 0.15) is 44.7 Å². The van der Waals surface area contributed by atoms with Crippen LogP contribution in [0.5, 0.6) is 5.75 Å². The Morgan fingerprint density at radius 1 is 1.09 bits per heavy atom. The van der Waals surface area contributed by atoms with E-state index in [-0.39, 0.29) is 0 Å². The lowest BCUT2D eigenvalue weighted by Gasteiger charge is -2.22. The minimum Gasteiger partial charge on any atom is -0.478 e. The Labute approximate surface area is 199 Å². The summed E-state index contributed by atoms with van der Waals surface area (Å²) in [5, 5.41) is 10.2. The highest BCUT2D eigenvalue weighted by Gasteiger charge is 2.30. The van der Waals surface area contributed by atoms with Gasteiger partial charge in [0.2, 0.25) is 0 Å². The van der Waals surface area contributed by atoms with Gasteiger partial charge in [-0.05, 0) is 74.7 Å². The molecule has 6 nitrogen and oxygen atoms in total. The molecule has 0 amide bonds. The molecule has 0 saturated heterocycles. The Bertz CT molecular complexity index is 1210. The number of nitrogens with zero attached hydrogens (tertiary/aromatic N) is 1. The lowest BCUT2D eigenvalue weighted by molar-refractivity contribution is -0.152. The summed E-state index contributed by atoms with van der Waals surface area (Å²) in [4.78, 5) is 11.2. The van der Waals surface area contributed by atoms with Crippen molar-refractivity contribution >= 4 is 37.4 Å². The molecule has 0 saturated carbocycles. The number of hydrogen-bond donors (Lipinski definition) is 1. The number of fused-ring (bicyclic) bond motifs is 1. The third-order valence-electron chi connectivity index (χ3n) is 5.53. The van der Waals surface area contributed by atoms with Crippen LogP contribution in [-0.4, -0.2) is 42.5 Å². The normalized spacial score (nSPS) is 12.4. The molecule has 0 aliphatic carbocycles. The van der Waals surface area contributed by atoms with Crippen LogP contribution >= 0.6 is 11.3 Å². The summed E-state index contributed by atoms with van der Waals surface area (Å²) in [6.07, 6.45) is 2.14. The Hall–Kier alpha value is -2.42. The summed E-state index contributed by atoms with van der Waals surface area (Å²) in [6, 6.07) is 15.1. The number of aryl methyl sites for hydroxylation is 2. The molecule has 178 valence electrons. The van der Waals surface area contributed by atoms with Crippen molar-refractivity contribution < 1.29 is 23.1 Å². The average Bonchev–Trinajstić information content (AvgIpc) is 3.11. The van der Waals surface area contributed by atoms with E-state index < -0.39 is 21.6 Å². The maximum absolute atomic E-state index is 13.5. The SMILES string of the molecule is CCCN(CCCc1ccc(OC(C)(C)C(=O)O)cc1)S(=O)(=O)c1sc2ccccc2c1C. The zero-order valence-electron chi connectivity index (χ0n) is 19.5. The Balaban J connectivity index is 1.68. The van der Waals surface area contributed by atoms with E-state index in [1.807, 2.05) is 50.2 Å². The van der Waals surface area contributed by atoms with Crippen molar-refractivity contribution in [2.75, 3.05) is 13.1 Å². The van der Waals surface area contributed by atoms with E-state index in [1.54, 1.807) is 16.4 Å². The molecular formula is C25H31NO5S2. The number of carboxylic acid groups (broad SMARTS) is 1. The number of carbonyl (C=O) groups is 1. The number of rotatable bonds is 11. The van der Waals surface area contributed by atoms with Gasteiger partial charge in [-0.1, -0.05) is 37.3 Å². The van der Waals surface area contributed by atoms with Gasteiger partial charge in [-0.15, -0.1) is 11.3 Å². The van der Waals surface area contributed by atoms with Gasteiger partial charge in [-0.2, -0.15) is 4.31 Å². The number of carboxylic acids is 1. The molecule has 0 aliphatic heterocycles. The van der Waals surface area contributed by atoms with Gasteiger partial charge in [0.05, 0.1) is 0 Å². The summed E-state index contributed by atoms with van der Waals surface area (Å²) in [7, 11) is -3.57. The third kappa shape index (κ3) is 5.75. The quantitative estimate of drug-likeness (QED) is 0.385. The molecule has 1 aromatic heterocycles. The first-order valence-corrected chi connectivity index (χ1v) is 13.3. The summed E-state index contributed by atoms with van der Waals surface area (Å²) < 4.78 is 35.5. The first kappa shape index (κ1) is 25.2. The fraction of sp³-hybridized carbons (Fsp3) is 0.400. The lowest BCUT2D eigenvalue weighted by atomic mass is 10.1. The van der Waals surface area contributed by atoms with Crippen LogP contribution in [0, 0.1) is 6.92 Å². The monoisotopic (exact) mass is 489 g/mol. The summed E-state index contributed by atoms with van der Waals surface area (Å²) >= 11 is 1.34. The minimum atomic E-state index is -3.57. The van der Waals surface area contributed by atoms with Crippen LogP contribution in [0.2, 0.25) is 0 Å². The highest BCUT2D eigenvalue weighted by atomic mass is 32.2. The fourth-order valence-corrected chi connectivity index (χ4v) is 7.11. The van der Waals surface area contributed by atoms with Crippen molar-refractivity contribution in [1.29, 1.82) is 0 Å². The summed E-state index contributed by atoms with van der Waals surface area (Å²) in [6.45, 7) is 7.79. The van der Waals surface area contributed by atoms with Gasteiger partial charge in [0.15, 0.2) is 5.60 Å². The third-order valence-corrected chi connectivity index (χ3v) is 9.30. The number of benzene rings is 2. The minimum absolute atomic E-state index is 0.430. The molecule has 1 N–H and O–H groups in total. The van der Waals surface area contributed by atoms with Crippen molar-refractivity contribution in [2.45, 2.75) is 56.8 Å².